The summed E-state index contributed by atoms with van der Waals surface area (Å²) in [6, 6.07) is 6.00. The first-order chi connectivity index (χ1) is 12.7. The lowest BCUT2D eigenvalue weighted by atomic mass is 9.97. The molecule has 0 N–H and O–H groups in total. The lowest BCUT2D eigenvalue weighted by Gasteiger charge is -2.36. The van der Waals surface area contributed by atoms with Crippen LogP contribution in [-0.4, -0.2) is 84.5 Å². The molecule has 0 radical (unpaired) electrons. The second kappa shape index (κ2) is 9.09. The Labute approximate surface area is 154 Å². The molecule has 2 aliphatic heterocycles. The predicted octanol–water partition coefficient (Wildman–Crippen LogP) is 0.611. The van der Waals surface area contributed by atoms with Crippen molar-refractivity contribution in [2.45, 2.75) is 19.4 Å². The first-order valence-corrected chi connectivity index (χ1v) is 9.36. The van der Waals surface area contributed by atoms with Crippen molar-refractivity contribution >= 4 is 11.9 Å². The van der Waals surface area contributed by atoms with E-state index in [4.69, 9.17) is 4.74 Å². The Morgan fingerprint density at radius 1 is 1.08 bits per heavy atom. The van der Waals surface area contributed by atoms with Crippen molar-refractivity contribution in [3.05, 3.63) is 30.1 Å². The number of esters is 1. The Bertz CT molecular complexity index is 594. The van der Waals surface area contributed by atoms with Gasteiger partial charge in [0.05, 0.1) is 25.3 Å². The maximum Gasteiger partial charge on any atom is 0.308 e. The molecule has 1 aromatic heterocycles. The molecule has 7 nitrogen and oxygen atoms in total. The van der Waals surface area contributed by atoms with E-state index in [0.29, 0.717) is 32.5 Å². The molecule has 2 saturated heterocycles. The Balaban J connectivity index is 1.38. The number of hydrogen-bond acceptors (Lipinski definition) is 6. The number of likely N-dealkylation sites (tertiary alicyclic amines) is 1. The first kappa shape index (κ1) is 18.8. The summed E-state index contributed by atoms with van der Waals surface area (Å²) in [5.41, 5.74) is 1.09. The second-order valence-corrected chi connectivity index (χ2v) is 7.05. The number of ether oxygens (including phenoxy) is 1. The van der Waals surface area contributed by atoms with Crippen LogP contribution < -0.4 is 0 Å². The third-order valence-corrected chi connectivity index (χ3v) is 5.32. The minimum Gasteiger partial charge on any atom is -0.469 e. The van der Waals surface area contributed by atoms with Crippen LogP contribution in [0.15, 0.2) is 24.4 Å². The zero-order valence-corrected chi connectivity index (χ0v) is 15.5. The third kappa shape index (κ3) is 5.02. The number of carbonyl (C=O) groups excluding carboxylic acids is 2. The van der Waals surface area contributed by atoms with Crippen molar-refractivity contribution in [3.63, 3.8) is 0 Å². The summed E-state index contributed by atoms with van der Waals surface area (Å²) in [7, 11) is 1.42. The Morgan fingerprint density at radius 2 is 1.77 bits per heavy atom. The maximum absolute atomic E-state index is 12.5. The number of carbonyl (C=O) groups is 2. The zero-order valence-electron chi connectivity index (χ0n) is 15.5. The number of nitrogens with zero attached hydrogens (tertiary/aromatic N) is 4. The highest BCUT2D eigenvalue weighted by Crippen LogP contribution is 2.18. The molecule has 0 unspecified atom stereocenters. The maximum atomic E-state index is 12.5. The van der Waals surface area contributed by atoms with Crippen molar-refractivity contribution in [3.8, 4) is 0 Å². The number of pyridine rings is 1. The van der Waals surface area contributed by atoms with E-state index in [1.165, 1.54) is 7.11 Å². The van der Waals surface area contributed by atoms with Crippen molar-refractivity contribution < 1.29 is 14.3 Å². The normalized spacial score (nSPS) is 20.1. The van der Waals surface area contributed by atoms with Crippen LogP contribution in [0.1, 0.15) is 18.5 Å². The molecule has 0 atom stereocenters. The molecular formula is C19H28N4O3. The van der Waals surface area contributed by atoms with Crippen molar-refractivity contribution in [1.82, 2.24) is 19.7 Å². The highest BCUT2D eigenvalue weighted by molar-refractivity contribution is 5.79. The number of piperazine rings is 1. The molecule has 1 aromatic rings. The van der Waals surface area contributed by atoms with Gasteiger partial charge in [-0.1, -0.05) is 6.07 Å². The number of aromatic nitrogens is 1. The number of rotatable bonds is 5. The fourth-order valence-electron chi connectivity index (χ4n) is 3.65. The van der Waals surface area contributed by atoms with Gasteiger partial charge in [-0.15, -0.1) is 0 Å². The van der Waals surface area contributed by atoms with Crippen LogP contribution in [0.5, 0.6) is 0 Å². The lowest BCUT2D eigenvalue weighted by Crippen LogP contribution is -2.51. The van der Waals surface area contributed by atoms with E-state index in [9.17, 15) is 9.59 Å². The largest absolute Gasteiger partial charge is 0.469 e. The Hall–Kier alpha value is -1.99. The zero-order chi connectivity index (χ0) is 18.4. The van der Waals surface area contributed by atoms with Gasteiger partial charge < -0.3 is 9.64 Å². The van der Waals surface area contributed by atoms with E-state index in [1.807, 2.05) is 29.3 Å². The van der Waals surface area contributed by atoms with Crippen LogP contribution in [0.2, 0.25) is 0 Å². The van der Waals surface area contributed by atoms with Crippen LogP contribution in [-0.2, 0) is 20.9 Å². The summed E-state index contributed by atoms with van der Waals surface area (Å²) < 4.78 is 4.80. The lowest BCUT2D eigenvalue weighted by molar-refractivity contribution is -0.149. The molecule has 0 aliphatic carbocycles. The molecule has 0 saturated carbocycles. The van der Waals surface area contributed by atoms with Crippen LogP contribution in [0.3, 0.4) is 0 Å². The second-order valence-electron chi connectivity index (χ2n) is 7.05. The molecule has 3 heterocycles. The number of piperidine rings is 1. The topological polar surface area (TPSA) is 66.0 Å². The van der Waals surface area contributed by atoms with Crippen molar-refractivity contribution in [2.24, 2.45) is 5.92 Å². The van der Waals surface area contributed by atoms with E-state index >= 15 is 0 Å². The average Bonchev–Trinajstić information content (AvgIpc) is 2.70. The molecule has 0 aromatic carbocycles. The van der Waals surface area contributed by atoms with Gasteiger partial charge in [0.1, 0.15) is 0 Å². The smallest absolute Gasteiger partial charge is 0.308 e. The minimum absolute atomic E-state index is 0.0563. The molecule has 2 fully saturated rings. The fraction of sp³-hybridized carbons (Fsp3) is 0.632. The Kier molecular flexibility index (Phi) is 6.57. The number of hydrogen-bond donors (Lipinski definition) is 0. The highest BCUT2D eigenvalue weighted by Gasteiger charge is 2.29. The molecule has 142 valence electrons. The fourth-order valence-corrected chi connectivity index (χ4v) is 3.65. The van der Waals surface area contributed by atoms with Gasteiger partial charge in [0.25, 0.3) is 0 Å². The predicted molar refractivity (Wildman–Crippen MR) is 97.3 cm³/mol. The molecule has 26 heavy (non-hydrogen) atoms. The van der Waals surface area contributed by atoms with E-state index in [1.54, 1.807) is 0 Å². The van der Waals surface area contributed by atoms with Crippen LogP contribution in [0.25, 0.3) is 0 Å². The van der Waals surface area contributed by atoms with Crippen LogP contribution in [0.4, 0.5) is 0 Å². The average molecular weight is 360 g/mol. The van der Waals surface area contributed by atoms with Gasteiger partial charge in [0.15, 0.2) is 0 Å². The SMILES string of the molecule is COC(=O)C1CCN(C(=O)CN2CCN(Cc3ccccn3)CC2)CC1. The summed E-state index contributed by atoms with van der Waals surface area (Å²) in [5, 5.41) is 0. The van der Waals surface area contributed by atoms with E-state index in [-0.39, 0.29) is 17.8 Å². The number of amides is 1. The summed E-state index contributed by atoms with van der Waals surface area (Å²) in [5.74, 6) is -0.0354. The van der Waals surface area contributed by atoms with E-state index in [0.717, 1.165) is 38.4 Å². The third-order valence-electron chi connectivity index (χ3n) is 5.32. The first-order valence-electron chi connectivity index (χ1n) is 9.36. The minimum atomic E-state index is -0.152. The van der Waals surface area contributed by atoms with Gasteiger partial charge in [0, 0.05) is 52.0 Å². The van der Waals surface area contributed by atoms with Gasteiger partial charge in [-0.25, -0.2) is 0 Å². The molecular weight excluding hydrogens is 332 g/mol. The van der Waals surface area contributed by atoms with Gasteiger partial charge in [0.2, 0.25) is 5.91 Å². The summed E-state index contributed by atoms with van der Waals surface area (Å²) in [6.07, 6.45) is 3.24. The van der Waals surface area contributed by atoms with Gasteiger partial charge >= 0.3 is 5.97 Å². The molecule has 0 bridgehead atoms. The van der Waals surface area contributed by atoms with Crippen molar-refractivity contribution in [1.29, 1.82) is 0 Å². The van der Waals surface area contributed by atoms with Crippen LogP contribution in [0, 0.1) is 5.92 Å². The monoisotopic (exact) mass is 360 g/mol. The Morgan fingerprint density at radius 3 is 2.38 bits per heavy atom. The molecule has 2 aliphatic rings. The molecule has 3 rings (SSSR count). The quantitative estimate of drug-likeness (QED) is 0.717. The molecule has 0 spiro atoms. The number of methoxy groups -OCH3 is 1. The van der Waals surface area contributed by atoms with E-state index in [2.05, 4.69) is 14.8 Å². The molecule has 7 heteroatoms. The summed E-state index contributed by atoms with van der Waals surface area (Å²) in [4.78, 5) is 35.0. The summed E-state index contributed by atoms with van der Waals surface area (Å²) >= 11 is 0. The van der Waals surface area contributed by atoms with Crippen LogP contribution >= 0.6 is 0 Å². The van der Waals surface area contributed by atoms with Gasteiger partial charge in [-0.3, -0.25) is 24.4 Å². The highest BCUT2D eigenvalue weighted by atomic mass is 16.5. The van der Waals surface area contributed by atoms with Crippen molar-refractivity contribution in [2.75, 3.05) is 52.9 Å². The van der Waals surface area contributed by atoms with Gasteiger partial charge in [-0.2, -0.15) is 0 Å². The standard InChI is InChI=1S/C19H28N4O3/c1-26-19(25)16-5-8-23(9-6-16)18(24)15-22-12-10-21(11-13-22)14-17-4-2-3-7-20-17/h2-4,7,16H,5-6,8-15H2,1H3. The summed E-state index contributed by atoms with van der Waals surface area (Å²) in [6.45, 7) is 6.34. The van der Waals surface area contributed by atoms with E-state index < -0.39 is 0 Å². The van der Waals surface area contributed by atoms with Gasteiger partial charge in [-0.05, 0) is 25.0 Å². The molecule has 1 amide bonds.